The molecular formula is C25H34N4O4. The molecule has 1 heterocycles. The van der Waals surface area contributed by atoms with Crippen LogP contribution in [0.15, 0.2) is 42.5 Å². The maximum absolute atomic E-state index is 13.1. The number of nitrogens with one attached hydrogen (secondary N) is 2. The van der Waals surface area contributed by atoms with E-state index >= 15 is 0 Å². The number of carbonyl (C=O) groups is 3. The number of hydrogen-bond acceptors (Lipinski definition) is 5. The molecule has 2 aromatic carbocycles. The number of rotatable bonds is 9. The third-order valence-electron chi connectivity index (χ3n) is 6.00. The SMILES string of the molecule is CC(C)C(=O)N1CCCC1C(=O)NC(Cc1ccc2ccccc2c1)C(=O)NCC(O)CN. The fourth-order valence-corrected chi connectivity index (χ4v) is 4.14. The van der Waals surface area contributed by atoms with E-state index < -0.39 is 24.1 Å². The molecule has 3 unspecified atom stereocenters. The third-order valence-corrected chi connectivity index (χ3v) is 6.00. The number of amides is 3. The fourth-order valence-electron chi connectivity index (χ4n) is 4.14. The fraction of sp³-hybridized carbons (Fsp3) is 0.480. The van der Waals surface area contributed by atoms with Crippen LogP contribution in [0.1, 0.15) is 32.3 Å². The largest absolute Gasteiger partial charge is 0.390 e. The molecule has 1 saturated heterocycles. The molecule has 0 radical (unpaired) electrons. The highest BCUT2D eigenvalue weighted by atomic mass is 16.3. The van der Waals surface area contributed by atoms with E-state index in [9.17, 15) is 19.5 Å². The van der Waals surface area contributed by atoms with Crippen molar-refractivity contribution in [3.05, 3.63) is 48.0 Å². The van der Waals surface area contributed by atoms with Crippen molar-refractivity contribution in [1.82, 2.24) is 15.5 Å². The molecule has 0 saturated carbocycles. The molecule has 3 atom stereocenters. The zero-order valence-corrected chi connectivity index (χ0v) is 19.3. The Morgan fingerprint density at radius 3 is 2.58 bits per heavy atom. The summed E-state index contributed by atoms with van der Waals surface area (Å²) in [5, 5.41) is 17.4. The highest BCUT2D eigenvalue weighted by molar-refractivity contribution is 5.93. The normalized spacial score (nSPS) is 17.7. The van der Waals surface area contributed by atoms with Crippen LogP contribution in [0.2, 0.25) is 0 Å². The van der Waals surface area contributed by atoms with Gasteiger partial charge in [-0.1, -0.05) is 56.3 Å². The van der Waals surface area contributed by atoms with Crippen LogP contribution in [0.5, 0.6) is 0 Å². The standard InChI is InChI=1S/C25H34N4O4/c1-16(2)25(33)29-11-5-8-22(29)24(32)28-21(23(31)27-15-20(30)14-26)13-17-9-10-18-6-3-4-7-19(18)12-17/h3-4,6-7,9-10,12,16,20-22,30H,5,8,11,13-15,26H2,1-2H3,(H,27,31)(H,28,32). The minimum absolute atomic E-state index is 0.000807. The summed E-state index contributed by atoms with van der Waals surface area (Å²) in [6.07, 6.45) is 0.743. The zero-order chi connectivity index (χ0) is 24.0. The molecule has 5 N–H and O–H groups in total. The first-order valence-corrected chi connectivity index (χ1v) is 11.5. The zero-order valence-electron chi connectivity index (χ0n) is 19.3. The first kappa shape index (κ1) is 24.7. The number of hydrogen-bond donors (Lipinski definition) is 4. The summed E-state index contributed by atoms with van der Waals surface area (Å²) in [5.74, 6) is -0.993. The van der Waals surface area contributed by atoms with Gasteiger partial charge >= 0.3 is 0 Å². The molecule has 0 aromatic heterocycles. The molecule has 178 valence electrons. The van der Waals surface area contributed by atoms with Crippen LogP contribution in [0, 0.1) is 5.92 Å². The van der Waals surface area contributed by atoms with Crippen molar-refractivity contribution >= 4 is 28.5 Å². The van der Waals surface area contributed by atoms with E-state index in [1.165, 1.54) is 0 Å². The number of aliphatic hydroxyl groups excluding tert-OH is 1. The van der Waals surface area contributed by atoms with Crippen molar-refractivity contribution in [3.8, 4) is 0 Å². The highest BCUT2D eigenvalue weighted by Gasteiger charge is 2.36. The first-order chi connectivity index (χ1) is 15.8. The summed E-state index contributed by atoms with van der Waals surface area (Å²) in [7, 11) is 0. The Bertz CT molecular complexity index is 993. The summed E-state index contributed by atoms with van der Waals surface area (Å²) in [6.45, 7) is 4.19. The van der Waals surface area contributed by atoms with Crippen LogP contribution in [-0.2, 0) is 20.8 Å². The lowest BCUT2D eigenvalue weighted by Gasteiger charge is -2.27. The predicted molar refractivity (Wildman–Crippen MR) is 127 cm³/mol. The molecule has 3 amide bonds. The second-order valence-corrected chi connectivity index (χ2v) is 8.93. The van der Waals surface area contributed by atoms with Crippen molar-refractivity contribution in [3.63, 3.8) is 0 Å². The molecule has 0 spiro atoms. The van der Waals surface area contributed by atoms with Gasteiger partial charge < -0.3 is 26.4 Å². The molecular weight excluding hydrogens is 420 g/mol. The van der Waals surface area contributed by atoms with Crippen LogP contribution < -0.4 is 16.4 Å². The lowest BCUT2D eigenvalue weighted by Crippen LogP contribution is -2.55. The summed E-state index contributed by atoms with van der Waals surface area (Å²) in [5.41, 5.74) is 6.33. The van der Waals surface area contributed by atoms with Gasteiger partial charge in [0.1, 0.15) is 12.1 Å². The van der Waals surface area contributed by atoms with Crippen LogP contribution in [0.3, 0.4) is 0 Å². The van der Waals surface area contributed by atoms with Gasteiger partial charge in [-0.2, -0.15) is 0 Å². The van der Waals surface area contributed by atoms with Crippen LogP contribution in [-0.4, -0.2) is 65.5 Å². The number of fused-ring (bicyclic) bond motifs is 1. The van der Waals surface area contributed by atoms with E-state index in [4.69, 9.17) is 5.73 Å². The van der Waals surface area contributed by atoms with Crippen LogP contribution in [0.4, 0.5) is 0 Å². The van der Waals surface area contributed by atoms with Gasteiger partial charge in [-0.15, -0.1) is 0 Å². The average molecular weight is 455 g/mol. The van der Waals surface area contributed by atoms with E-state index in [-0.39, 0.29) is 37.2 Å². The number of nitrogens with two attached hydrogens (primary N) is 1. The van der Waals surface area contributed by atoms with Crippen molar-refractivity contribution in [2.24, 2.45) is 11.7 Å². The highest BCUT2D eigenvalue weighted by Crippen LogP contribution is 2.21. The van der Waals surface area contributed by atoms with E-state index in [1.54, 1.807) is 4.90 Å². The van der Waals surface area contributed by atoms with Crippen LogP contribution >= 0.6 is 0 Å². The quantitative estimate of drug-likeness (QED) is 0.449. The van der Waals surface area contributed by atoms with Crippen molar-refractivity contribution in [2.75, 3.05) is 19.6 Å². The van der Waals surface area contributed by atoms with Crippen molar-refractivity contribution < 1.29 is 19.5 Å². The molecule has 8 heteroatoms. The maximum atomic E-state index is 13.1. The van der Waals surface area contributed by atoms with E-state index in [2.05, 4.69) is 10.6 Å². The molecule has 2 aromatic rings. The van der Waals surface area contributed by atoms with E-state index in [0.717, 1.165) is 22.8 Å². The maximum Gasteiger partial charge on any atom is 0.243 e. The molecule has 1 aliphatic heterocycles. The molecule has 8 nitrogen and oxygen atoms in total. The average Bonchev–Trinajstić information content (AvgIpc) is 3.31. The molecule has 0 bridgehead atoms. The Morgan fingerprint density at radius 1 is 1.15 bits per heavy atom. The predicted octanol–water partition coefficient (Wildman–Crippen LogP) is 0.950. The third kappa shape index (κ3) is 6.30. The number of aliphatic hydroxyl groups is 1. The van der Waals surface area contributed by atoms with Gasteiger partial charge in [-0.05, 0) is 29.2 Å². The molecule has 33 heavy (non-hydrogen) atoms. The number of nitrogens with zero attached hydrogens (tertiary/aromatic N) is 1. The lowest BCUT2D eigenvalue weighted by atomic mass is 10.0. The second-order valence-electron chi connectivity index (χ2n) is 8.93. The van der Waals surface area contributed by atoms with Gasteiger partial charge in [0.25, 0.3) is 0 Å². The van der Waals surface area contributed by atoms with Gasteiger partial charge in [0, 0.05) is 32.0 Å². The molecule has 3 rings (SSSR count). The molecule has 1 fully saturated rings. The topological polar surface area (TPSA) is 125 Å². The van der Waals surface area contributed by atoms with E-state index in [0.29, 0.717) is 13.0 Å². The Morgan fingerprint density at radius 2 is 1.88 bits per heavy atom. The second kappa shape index (κ2) is 11.2. The van der Waals surface area contributed by atoms with Gasteiger partial charge in [0.05, 0.1) is 6.10 Å². The van der Waals surface area contributed by atoms with Gasteiger partial charge in [-0.3, -0.25) is 14.4 Å². The first-order valence-electron chi connectivity index (χ1n) is 11.5. The monoisotopic (exact) mass is 454 g/mol. The summed E-state index contributed by atoms with van der Waals surface area (Å²) < 4.78 is 0. The Hall–Kier alpha value is -2.97. The van der Waals surface area contributed by atoms with Gasteiger partial charge in [0.2, 0.25) is 17.7 Å². The summed E-state index contributed by atoms with van der Waals surface area (Å²) in [4.78, 5) is 40.2. The summed E-state index contributed by atoms with van der Waals surface area (Å²) >= 11 is 0. The van der Waals surface area contributed by atoms with Gasteiger partial charge in [0.15, 0.2) is 0 Å². The lowest BCUT2D eigenvalue weighted by molar-refractivity contribution is -0.141. The summed E-state index contributed by atoms with van der Waals surface area (Å²) in [6, 6.07) is 12.4. The molecule has 1 aliphatic rings. The molecule has 0 aliphatic carbocycles. The van der Waals surface area contributed by atoms with Crippen molar-refractivity contribution in [2.45, 2.75) is 51.3 Å². The smallest absolute Gasteiger partial charge is 0.243 e. The minimum atomic E-state index is -0.861. The Labute approximate surface area is 194 Å². The minimum Gasteiger partial charge on any atom is -0.390 e. The number of benzene rings is 2. The number of carbonyl (C=O) groups excluding carboxylic acids is 3. The van der Waals surface area contributed by atoms with Gasteiger partial charge in [-0.25, -0.2) is 0 Å². The Balaban J connectivity index is 1.77. The van der Waals surface area contributed by atoms with Crippen LogP contribution in [0.25, 0.3) is 10.8 Å². The van der Waals surface area contributed by atoms with Crippen molar-refractivity contribution in [1.29, 1.82) is 0 Å². The number of likely N-dealkylation sites (tertiary alicyclic amines) is 1. The Kier molecular flexibility index (Phi) is 8.41. The van der Waals surface area contributed by atoms with E-state index in [1.807, 2.05) is 56.3 Å².